The van der Waals surface area contributed by atoms with Gasteiger partial charge in [-0.05, 0) is 45.1 Å². The zero-order valence-electron chi connectivity index (χ0n) is 10.5. The first-order chi connectivity index (χ1) is 8.34. The van der Waals surface area contributed by atoms with Crippen LogP contribution in [0, 0.1) is 0 Å². The smallest absolute Gasteiger partial charge is 0.317 e. The molecule has 3 fully saturated rings. The highest BCUT2D eigenvalue weighted by atomic mass is 16.2. The summed E-state index contributed by atoms with van der Waals surface area (Å²) in [5, 5.41) is 3.27. The fourth-order valence-corrected chi connectivity index (χ4v) is 3.60. The van der Waals surface area contributed by atoms with Gasteiger partial charge in [-0.3, -0.25) is 4.90 Å². The molecule has 0 aromatic heterocycles. The lowest BCUT2D eigenvalue weighted by Crippen LogP contribution is -2.49. The molecular weight excluding hydrogens is 214 g/mol. The molecule has 2 unspecified atom stereocenters. The Morgan fingerprint density at radius 3 is 2.59 bits per heavy atom. The van der Waals surface area contributed by atoms with Crippen molar-refractivity contribution in [3.8, 4) is 0 Å². The second-order valence-electron chi connectivity index (χ2n) is 5.64. The summed E-state index contributed by atoms with van der Waals surface area (Å²) in [5.41, 5.74) is 0. The molecule has 0 aromatic rings. The van der Waals surface area contributed by atoms with Crippen molar-refractivity contribution < 1.29 is 4.79 Å². The molecule has 0 radical (unpaired) electrons. The first-order valence-corrected chi connectivity index (χ1v) is 7.14. The number of hydrogen-bond donors (Lipinski definition) is 1. The maximum atomic E-state index is 12.1. The minimum Gasteiger partial charge on any atom is -0.334 e. The number of fused-ring (bicyclic) bond motifs is 1. The van der Waals surface area contributed by atoms with Crippen LogP contribution in [0.5, 0.6) is 0 Å². The van der Waals surface area contributed by atoms with Crippen molar-refractivity contribution in [3.63, 3.8) is 0 Å². The average Bonchev–Trinajstić information content (AvgIpc) is 2.95. The summed E-state index contributed by atoms with van der Waals surface area (Å²) >= 11 is 0. The van der Waals surface area contributed by atoms with Crippen molar-refractivity contribution in [1.82, 2.24) is 15.1 Å². The van der Waals surface area contributed by atoms with Crippen molar-refractivity contribution in [2.75, 3.05) is 26.2 Å². The van der Waals surface area contributed by atoms with Crippen LogP contribution < -0.4 is 5.32 Å². The SMILES string of the molecule is O=C(NC1CCN2CCCC12)N1CCCCC1. The first kappa shape index (κ1) is 11.3. The summed E-state index contributed by atoms with van der Waals surface area (Å²) in [6.45, 7) is 4.32. The summed E-state index contributed by atoms with van der Waals surface area (Å²) in [5.74, 6) is 0. The van der Waals surface area contributed by atoms with E-state index >= 15 is 0 Å². The highest BCUT2D eigenvalue weighted by Gasteiger charge is 2.38. The van der Waals surface area contributed by atoms with E-state index in [4.69, 9.17) is 0 Å². The summed E-state index contributed by atoms with van der Waals surface area (Å²) in [7, 11) is 0. The highest BCUT2D eigenvalue weighted by molar-refractivity contribution is 5.74. The fourth-order valence-electron chi connectivity index (χ4n) is 3.60. The lowest BCUT2D eigenvalue weighted by Gasteiger charge is -2.29. The Hall–Kier alpha value is -0.770. The molecule has 0 spiro atoms. The van der Waals surface area contributed by atoms with Crippen LogP contribution in [0.3, 0.4) is 0 Å². The van der Waals surface area contributed by atoms with Crippen molar-refractivity contribution in [1.29, 1.82) is 0 Å². The van der Waals surface area contributed by atoms with Crippen molar-refractivity contribution >= 4 is 6.03 Å². The Kier molecular flexibility index (Phi) is 3.23. The molecular formula is C13H23N3O. The molecule has 96 valence electrons. The fraction of sp³-hybridized carbons (Fsp3) is 0.923. The van der Waals surface area contributed by atoms with Crippen molar-refractivity contribution in [3.05, 3.63) is 0 Å². The largest absolute Gasteiger partial charge is 0.334 e. The molecule has 17 heavy (non-hydrogen) atoms. The van der Waals surface area contributed by atoms with E-state index in [1.54, 1.807) is 0 Å². The number of hydrogen-bond acceptors (Lipinski definition) is 2. The molecule has 0 bridgehead atoms. The second-order valence-corrected chi connectivity index (χ2v) is 5.64. The number of urea groups is 1. The van der Waals surface area contributed by atoms with E-state index in [1.165, 1.54) is 45.2 Å². The van der Waals surface area contributed by atoms with E-state index in [2.05, 4.69) is 10.2 Å². The summed E-state index contributed by atoms with van der Waals surface area (Å²) in [6, 6.07) is 1.22. The number of amides is 2. The van der Waals surface area contributed by atoms with Gasteiger partial charge in [-0.1, -0.05) is 0 Å². The quantitative estimate of drug-likeness (QED) is 0.748. The predicted octanol–water partition coefficient (Wildman–Crippen LogP) is 1.42. The molecule has 3 aliphatic rings. The molecule has 0 saturated carbocycles. The molecule has 0 aromatic carbocycles. The molecule has 2 atom stereocenters. The number of nitrogens with zero attached hydrogens (tertiary/aromatic N) is 2. The number of nitrogens with one attached hydrogen (secondary N) is 1. The molecule has 3 saturated heterocycles. The van der Waals surface area contributed by atoms with Crippen LogP contribution in [0.2, 0.25) is 0 Å². The van der Waals surface area contributed by atoms with Gasteiger partial charge in [0.2, 0.25) is 0 Å². The minimum absolute atomic E-state index is 0.184. The van der Waals surface area contributed by atoms with E-state index < -0.39 is 0 Å². The summed E-state index contributed by atoms with van der Waals surface area (Å²) in [4.78, 5) is 16.7. The van der Waals surface area contributed by atoms with Crippen LogP contribution in [0.1, 0.15) is 38.5 Å². The lowest BCUT2D eigenvalue weighted by molar-refractivity contribution is 0.179. The van der Waals surface area contributed by atoms with Gasteiger partial charge in [0, 0.05) is 31.7 Å². The Balaban J connectivity index is 1.54. The predicted molar refractivity (Wildman–Crippen MR) is 67.0 cm³/mol. The van der Waals surface area contributed by atoms with Gasteiger partial charge in [-0.2, -0.15) is 0 Å². The van der Waals surface area contributed by atoms with Gasteiger partial charge < -0.3 is 10.2 Å². The third-order valence-electron chi connectivity index (χ3n) is 4.56. The maximum absolute atomic E-state index is 12.1. The molecule has 0 aliphatic carbocycles. The Bertz CT molecular complexity index is 288. The second kappa shape index (κ2) is 4.84. The van der Waals surface area contributed by atoms with Crippen molar-refractivity contribution in [2.45, 2.75) is 50.6 Å². The zero-order chi connectivity index (χ0) is 11.7. The normalized spacial score (nSPS) is 33.8. The Labute approximate surface area is 103 Å². The number of carbonyl (C=O) groups is 1. The zero-order valence-corrected chi connectivity index (χ0v) is 10.5. The van der Waals surface area contributed by atoms with Crippen LogP contribution in [0.15, 0.2) is 0 Å². The van der Waals surface area contributed by atoms with E-state index in [0.717, 1.165) is 19.5 Å². The summed E-state index contributed by atoms with van der Waals surface area (Å²) < 4.78 is 0. The average molecular weight is 237 g/mol. The van der Waals surface area contributed by atoms with Gasteiger partial charge in [0.25, 0.3) is 0 Å². The van der Waals surface area contributed by atoms with Gasteiger partial charge in [-0.15, -0.1) is 0 Å². The molecule has 1 N–H and O–H groups in total. The molecule has 3 aliphatic heterocycles. The number of rotatable bonds is 1. The van der Waals surface area contributed by atoms with E-state index in [-0.39, 0.29) is 6.03 Å². The number of carbonyl (C=O) groups excluding carboxylic acids is 1. The van der Waals surface area contributed by atoms with Crippen LogP contribution >= 0.6 is 0 Å². The van der Waals surface area contributed by atoms with Crippen LogP contribution in [-0.4, -0.2) is 54.1 Å². The monoisotopic (exact) mass is 237 g/mol. The Morgan fingerprint density at radius 1 is 0.941 bits per heavy atom. The molecule has 3 heterocycles. The maximum Gasteiger partial charge on any atom is 0.317 e. The molecule has 4 nitrogen and oxygen atoms in total. The van der Waals surface area contributed by atoms with E-state index in [9.17, 15) is 4.79 Å². The topological polar surface area (TPSA) is 35.6 Å². The number of likely N-dealkylation sites (tertiary alicyclic amines) is 1. The summed E-state index contributed by atoms with van der Waals surface area (Å²) in [6.07, 6.45) is 7.35. The van der Waals surface area contributed by atoms with Gasteiger partial charge in [0.15, 0.2) is 0 Å². The third-order valence-corrected chi connectivity index (χ3v) is 4.56. The Morgan fingerprint density at radius 2 is 1.76 bits per heavy atom. The van der Waals surface area contributed by atoms with E-state index in [1.807, 2.05) is 4.90 Å². The van der Waals surface area contributed by atoms with Gasteiger partial charge in [0.05, 0.1) is 0 Å². The van der Waals surface area contributed by atoms with Gasteiger partial charge in [-0.25, -0.2) is 4.79 Å². The first-order valence-electron chi connectivity index (χ1n) is 7.14. The van der Waals surface area contributed by atoms with Crippen LogP contribution in [0.25, 0.3) is 0 Å². The van der Waals surface area contributed by atoms with Crippen molar-refractivity contribution in [2.24, 2.45) is 0 Å². The van der Waals surface area contributed by atoms with Gasteiger partial charge in [0.1, 0.15) is 0 Å². The molecule has 3 rings (SSSR count). The minimum atomic E-state index is 0.184. The standard InChI is InChI=1S/C13H23N3O/c17-13(16-7-2-1-3-8-16)14-11-6-10-15-9-4-5-12(11)15/h11-12H,1-10H2,(H,14,17). The van der Waals surface area contributed by atoms with Crippen LogP contribution in [-0.2, 0) is 0 Å². The highest BCUT2D eigenvalue weighted by Crippen LogP contribution is 2.28. The molecule has 4 heteroatoms. The third kappa shape index (κ3) is 2.28. The van der Waals surface area contributed by atoms with Crippen LogP contribution in [0.4, 0.5) is 4.79 Å². The van der Waals surface area contributed by atoms with Gasteiger partial charge >= 0.3 is 6.03 Å². The number of piperidine rings is 1. The van der Waals surface area contributed by atoms with E-state index in [0.29, 0.717) is 12.1 Å². The molecule has 2 amide bonds. The lowest BCUT2D eigenvalue weighted by atomic mass is 10.1.